The molecule has 3 nitrogen and oxygen atoms in total. The second-order valence-electron chi connectivity index (χ2n) is 4.91. The van der Waals surface area contributed by atoms with E-state index in [0.717, 1.165) is 10.3 Å². The van der Waals surface area contributed by atoms with Crippen LogP contribution in [0.3, 0.4) is 0 Å². The van der Waals surface area contributed by atoms with E-state index in [4.69, 9.17) is 0 Å². The molecule has 2 rings (SSSR count). The molecule has 1 aliphatic heterocycles. The summed E-state index contributed by atoms with van der Waals surface area (Å²) in [5, 5.41) is 7.04. The first-order valence-corrected chi connectivity index (χ1v) is 7.06. The standard InChI is InChI=1S/C13H20BrN3/c1-9-6-12(8-16-13(9)14)17-10(2)7-11-4-3-5-15-11/h6,8,10-11,15,17H,3-5,7H2,1-2H3. The summed E-state index contributed by atoms with van der Waals surface area (Å²) in [5.74, 6) is 0. The van der Waals surface area contributed by atoms with Gasteiger partial charge in [0.25, 0.3) is 0 Å². The third kappa shape index (κ3) is 3.68. The molecule has 0 saturated carbocycles. The van der Waals surface area contributed by atoms with Crippen LogP contribution in [0.2, 0.25) is 0 Å². The Morgan fingerprint density at radius 3 is 3.12 bits per heavy atom. The van der Waals surface area contributed by atoms with Gasteiger partial charge in [-0.3, -0.25) is 0 Å². The highest BCUT2D eigenvalue weighted by atomic mass is 79.9. The van der Waals surface area contributed by atoms with Gasteiger partial charge in [-0.25, -0.2) is 4.98 Å². The lowest BCUT2D eigenvalue weighted by Crippen LogP contribution is -2.29. The van der Waals surface area contributed by atoms with Crippen LogP contribution in [0.5, 0.6) is 0 Å². The van der Waals surface area contributed by atoms with E-state index in [1.54, 1.807) is 0 Å². The Labute approximate surface area is 112 Å². The molecule has 2 N–H and O–H groups in total. The highest BCUT2D eigenvalue weighted by Gasteiger charge is 2.16. The summed E-state index contributed by atoms with van der Waals surface area (Å²) in [6, 6.07) is 3.30. The van der Waals surface area contributed by atoms with Gasteiger partial charge in [-0.15, -0.1) is 0 Å². The van der Waals surface area contributed by atoms with Crippen LogP contribution < -0.4 is 10.6 Å². The molecule has 0 aliphatic carbocycles. The molecule has 0 radical (unpaired) electrons. The number of pyridine rings is 1. The molecule has 2 heterocycles. The van der Waals surface area contributed by atoms with Crippen LogP contribution in [0.25, 0.3) is 0 Å². The molecule has 1 aromatic heterocycles. The molecule has 1 saturated heterocycles. The summed E-state index contributed by atoms with van der Waals surface area (Å²) < 4.78 is 0.924. The van der Waals surface area contributed by atoms with Gasteiger partial charge in [0.15, 0.2) is 0 Å². The minimum absolute atomic E-state index is 0.480. The molecular formula is C13H20BrN3. The van der Waals surface area contributed by atoms with Gasteiger partial charge < -0.3 is 10.6 Å². The normalized spacial score (nSPS) is 21.5. The number of halogens is 1. The molecule has 1 fully saturated rings. The number of hydrogen-bond acceptors (Lipinski definition) is 3. The molecule has 0 bridgehead atoms. The van der Waals surface area contributed by atoms with Crippen molar-refractivity contribution in [3.05, 3.63) is 22.4 Å². The lowest BCUT2D eigenvalue weighted by atomic mass is 10.1. The first-order valence-electron chi connectivity index (χ1n) is 6.27. The van der Waals surface area contributed by atoms with Gasteiger partial charge in [0.1, 0.15) is 4.60 Å². The number of nitrogens with one attached hydrogen (secondary N) is 2. The lowest BCUT2D eigenvalue weighted by molar-refractivity contribution is 0.523. The Balaban J connectivity index is 1.88. The van der Waals surface area contributed by atoms with E-state index in [1.165, 1.54) is 31.4 Å². The van der Waals surface area contributed by atoms with E-state index < -0.39 is 0 Å². The van der Waals surface area contributed by atoms with Crippen molar-refractivity contribution in [2.45, 2.75) is 45.2 Å². The van der Waals surface area contributed by atoms with Gasteiger partial charge in [0.05, 0.1) is 11.9 Å². The minimum Gasteiger partial charge on any atom is -0.381 e. The van der Waals surface area contributed by atoms with Crippen molar-refractivity contribution in [3.8, 4) is 0 Å². The quantitative estimate of drug-likeness (QED) is 0.839. The first-order chi connectivity index (χ1) is 8.15. The minimum atomic E-state index is 0.480. The maximum Gasteiger partial charge on any atom is 0.109 e. The maximum absolute atomic E-state index is 4.30. The van der Waals surface area contributed by atoms with Crippen molar-refractivity contribution >= 4 is 21.6 Å². The highest BCUT2D eigenvalue weighted by Crippen LogP contribution is 2.19. The molecule has 17 heavy (non-hydrogen) atoms. The van der Waals surface area contributed by atoms with Gasteiger partial charge in [-0.2, -0.15) is 0 Å². The zero-order valence-corrected chi connectivity index (χ0v) is 12.0. The number of rotatable bonds is 4. The highest BCUT2D eigenvalue weighted by molar-refractivity contribution is 9.10. The van der Waals surface area contributed by atoms with Crippen LogP contribution >= 0.6 is 15.9 Å². The van der Waals surface area contributed by atoms with Crippen LogP contribution in [0, 0.1) is 6.92 Å². The fraction of sp³-hybridized carbons (Fsp3) is 0.615. The summed E-state index contributed by atoms with van der Waals surface area (Å²) in [6.45, 7) is 5.47. The molecule has 1 aromatic rings. The molecule has 94 valence electrons. The van der Waals surface area contributed by atoms with E-state index in [9.17, 15) is 0 Å². The molecular weight excluding hydrogens is 278 g/mol. The Morgan fingerprint density at radius 2 is 2.47 bits per heavy atom. The van der Waals surface area contributed by atoms with Crippen LogP contribution in [0.1, 0.15) is 31.7 Å². The van der Waals surface area contributed by atoms with Crippen LogP contribution in [-0.4, -0.2) is 23.6 Å². The van der Waals surface area contributed by atoms with Crippen molar-refractivity contribution in [2.24, 2.45) is 0 Å². The number of anilines is 1. The smallest absolute Gasteiger partial charge is 0.109 e. The molecule has 2 atom stereocenters. The Hall–Kier alpha value is -0.610. The SMILES string of the molecule is Cc1cc(NC(C)CC2CCCN2)cnc1Br. The van der Waals surface area contributed by atoms with Gasteiger partial charge in [0.2, 0.25) is 0 Å². The number of nitrogens with zero attached hydrogens (tertiary/aromatic N) is 1. The number of aryl methyl sites for hydroxylation is 1. The van der Waals surface area contributed by atoms with Crippen molar-refractivity contribution in [1.82, 2.24) is 10.3 Å². The third-order valence-electron chi connectivity index (χ3n) is 3.23. The van der Waals surface area contributed by atoms with E-state index in [1.807, 2.05) is 6.20 Å². The summed E-state index contributed by atoms with van der Waals surface area (Å²) in [6.07, 6.45) is 5.69. The topological polar surface area (TPSA) is 37.0 Å². The fourth-order valence-electron chi connectivity index (χ4n) is 2.37. The van der Waals surface area contributed by atoms with Crippen LogP contribution in [-0.2, 0) is 0 Å². The Morgan fingerprint density at radius 1 is 1.65 bits per heavy atom. The molecule has 2 unspecified atom stereocenters. The third-order valence-corrected chi connectivity index (χ3v) is 4.06. The van der Waals surface area contributed by atoms with E-state index in [0.29, 0.717) is 12.1 Å². The molecule has 0 aromatic carbocycles. The summed E-state index contributed by atoms with van der Waals surface area (Å²) in [7, 11) is 0. The van der Waals surface area contributed by atoms with Crippen molar-refractivity contribution < 1.29 is 0 Å². The molecule has 4 heteroatoms. The average Bonchev–Trinajstić information content (AvgIpc) is 2.76. The Kier molecular flexibility index (Phi) is 4.40. The van der Waals surface area contributed by atoms with Gasteiger partial charge >= 0.3 is 0 Å². The monoisotopic (exact) mass is 297 g/mol. The van der Waals surface area contributed by atoms with Crippen molar-refractivity contribution in [3.63, 3.8) is 0 Å². The predicted molar refractivity (Wildman–Crippen MR) is 75.4 cm³/mol. The summed E-state index contributed by atoms with van der Waals surface area (Å²) in [5.41, 5.74) is 2.28. The molecule has 1 aliphatic rings. The number of aromatic nitrogens is 1. The van der Waals surface area contributed by atoms with Gasteiger partial charge in [-0.1, -0.05) is 0 Å². The van der Waals surface area contributed by atoms with Crippen molar-refractivity contribution in [1.29, 1.82) is 0 Å². The largest absolute Gasteiger partial charge is 0.381 e. The first kappa shape index (κ1) is 12.8. The fourth-order valence-corrected chi connectivity index (χ4v) is 2.58. The predicted octanol–water partition coefficient (Wildman–Crippen LogP) is 3.10. The lowest BCUT2D eigenvalue weighted by Gasteiger charge is -2.19. The van der Waals surface area contributed by atoms with E-state index in [-0.39, 0.29) is 0 Å². The van der Waals surface area contributed by atoms with Crippen molar-refractivity contribution in [2.75, 3.05) is 11.9 Å². The second-order valence-corrected chi connectivity index (χ2v) is 5.66. The molecule has 0 spiro atoms. The van der Waals surface area contributed by atoms with Gasteiger partial charge in [-0.05, 0) is 67.2 Å². The second kappa shape index (κ2) is 5.83. The zero-order chi connectivity index (χ0) is 12.3. The zero-order valence-electron chi connectivity index (χ0n) is 10.5. The van der Waals surface area contributed by atoms with Crippen LogP contribution in [0.4, 0.5) is 5.69 Å². The average molecular weight is 298 g/mol. The van der Waals surface area contributed by atoms with E-state index >= 15 is 0 Å². The van der Waals surface area contributed by atoms with Crippen LogP contribution in [0.15, 0.2) is 16.9 Å². The Bertz CT molecular complexity index is 375. The van der Waals surface area contributed by atoms with E-state index in [2.05, 4.69) is 51.5 Å². The number of hydrogen-bond donors (Lipinski definition) is 2. The summed E-state index contributed by atoms with van der Waals surface area (Å²) in [4.78, 5) is 4.30. The van der Waals surface area contributed by atoms with Gasteiger partial charge in [0, 0.05) is 12.1 Å². The molecule has 0 amide bonds. The maximum atomic E-state index is 4.30. The summed E-state index contributed by atoms with van der Waals surface area (Å²) >= 11 is 3.42.